The first-order valence-electron chi connectivity index (χ1n) is 5.85. The lowest BCUT2D eigenvalue weighted by Gasteiger charge is -2.04. The highest BCUT2D eigenvalue weighted by Gasteiger charge is 2.01. The van der Waals surface area contributed by atoms with E-state index in [0.717, 1.165) is 24.2 Å². The lowest BCUT2D eigenvalue weighted by Crippen LogP contribution is -2.12. The van der Waals surface area contributed by atoms with Gasteiger partial charge in [0.2, 0.25) is 0 Å². The molecule has 0 aliphatic heterocycles. The van der Waals surface area contributed by atoms with Crippen molar-refractivity contribution in [3.05, 3.63) is 52.6 Å². The molecule has 1 aromatic heterocycles. The van der Waals surface area contributed by atoms with Crippen LogP contribution < -0.4 is 5.32 Å². The molecule has 0 aliphatic carbocycles. The van der Waals surface area contributed by atoms with Crippen molar-refractivity contribution in [3.8, 4) is 0 Å². The van der Waals surface area contributed by atoms with Crippen LogP contribution >= 0.6 is 11.6 Å². The Bertz CT molecular complexity index is 525. The summed E-state index contributed by atoms with van der Waals surface area (Å²) in [7, 11) is 0. The van der Waals surface area contributed by atoms with Crippen LogP contribution in [0, 0.1) is 5.82 Å². The van der Waals surface area contributed by atoms with Gasteiger partial charge in [0.25, 0.3) is 0 Å². The molecule has 0 atom stereocenters. The average Bonchev–Trinajstić information content (AvgIpc) is 2.82. The number of aromatic nitrogens is 2. The largest absolute Gasteiger partial charge is 0.309 e. The highest BCUT2D eigenvalue weighted by atomic mass is 35.5. The van der Waals surface area contributed by atoms with Gasteiger partial charge in [-0.2, -0.15) is 5.10 Å². The number of aryl methyl sites for hydroxylation is 1. The summed E-state index contributed by atoms with van der Waals surface area (Å²) < 4.78 is 14.8. The Morgan fingerprint density at radius 2 is 2.11 bits per heavy atom. The highest BCUT2D eigenvalue weighted by molar-refractivity contribution is 6.30. The number of benzene rings is 1. The lowest BCUT2D eigenvalue weighted by atomic mass is 10.2. The Kier molecular flexibility index (Phi) is 4.33. The van der Waals surface area contributed by atoms with Crippen molar-refractivity contribution in [3.63, 3.8) is 0 Å². The van der Waals surface area contributed by atoms with E-state index in [-0.39, 0.29) is 10.8 Å². The molecule has 0 bridgehead atoms. The molecule has 5 heteroatoms. The summed E-state index contributed by atoms with van der Waals surface area (Å²) in [6.45, 7) is 4.30. The summed E-state index contributed by atoms with van der Waals surface area (Å²) in [4.78, 5) is 0. The van der Waals surface area contributed by atoms with Gasteiger partial charge in [-0.1, -0.05) is 17.7 Å². The van der Waals surface area contributed by atoms with E-state index in [1.807, 2.05) is 24.0 Å². The molecular formula is C13H15ClFN3. The van der Waals surface area contributed by atoms with Gasteiger partial charge < -0.3 is 5.32 Å². The second kappa shape index (κ2) is 5.98. The number of rotatable bonds is 5. The zero-order valence-electron chi connectivity index (χ0n) is 10.2. The average molecular weight is 268 g/mol. The molecule has 96 valence electrons. The second-order valence-electron chi connectivity index (χ2n) is 4.06. The standard InChI is InChI=1S/C13H15ClFN3/c1-2-18-9-11(8-17-18)7-16-6-10-3-4-13(15)12(14)5-10/h3-5,8-9,16H,2,6-7H2,1H3. The molecule has 0 aliphatic rings. The minimum Gasteiger partial charge on any atom is -0.309 e. The minimum atomic E-state index is -0.385. The predicted octanol–water partition coefficient (Wildman–Crippen LogP) is 2.99. The zero-order valence-corrected chi connectivity index (χ0v) is 10.9. The molecular weight excluding hydrogens is 253 g/mol. The molecule has 2 rings (SSSR count). The predicted molar refractivity (Wildman–Crippen MR) is 69.9 cm³/mol. The molecule has 3 nitrogen and oxygen atoms in total. The van der Waals surface area contributed by atoms with Crippen LogP contribution in [0.1, 0.15) is 18.1 Å². The Morgan fingerprint density at radius 1 is 1.33 bits per heavy atom. The Morgan fingerprint density at radius 3 is 2.78 bits per heavy atom. The molecule has 1 aromatic carbocycles. The number of hydrogen-bond acceptors (Lipinski definition) is 2. The zero-order chi connectivity index (χ0) is 13.0. The normalized spacial score (nSPS) is 10.8. The molecule has 18 heavy (non-hydrogen) atoms. The third-order valence-electron chi connectivity index (χ3n) is 2.65. The van der Waals surface area contributed by atoms with Crippen molar-refractivity contribution in [1.29, 1.82) is 0 Å². The van der Waals surface area contributed by atoms with Crippen LogP contribution in [0.25, 0.3) is 0 Å². The second-order valence-corrected chi connectivity index (χ2v) is 4.46. The Balaban J connectivity index is 1.86. The monoisotopic (exact) mass is 267 g/mol. The summed E-state index contributed by atoms with van der Waals surface area (Å²) in [5.41, 5.74) is 2.09. The fourth-order valence-electron chi connectivity index (χ4n) is 1.67. The highest BCUT2D eigenvalue weighted by Crippen LogP contribution is 2.15. The summed E-state index contributed by atoms with van der Waals surface area (Å²) in [6.07, 6.45) is 3.85. The molecule has 0 radical (unpaired) electrons. The number of nitrogens with one attached hydrogen (secondary N) is 1. The third kappa shape index (κ3) is 3.31. The third-order valence-corrected chi connectivity index (χ3v) is 2.94. The van der Waals surface area contributed by atoms with Gasteiger partial charge in [0.05, 0.1) is 11.2 Å². The van der Waals surface area contributed by atoms with Crippen LogP contribution in [0.15, 0.2) is 30.6 Å². The van der Waals surface area contributed by atoms with Crippen LogP contribution in [0.5, 0.6) is 0 Å². The van der Waals surface area contributed by atoms with Gasteiger partial charge in [-0.3, -0.25) is 4.68 Å². The van der Waals surface area contributed by atoms with E-state index in [1.54, 1.807) is 12.1 Å². The molecule has 2 aromatic rings. The van der Waals surface area contributed by atoms with Crippen molar-refractivity contribution in [2.45, 2.75) is 26.6 Å². The van der Waals surface area contributed by atoms with Gasteiger partial charge in [0, 0.05) is 31.4 Å². The van der Waals surface area contributed by atoms with Crippen LogP contribution in [0.2, 0.25) is 5.02 Å². The number of nitrogens with zero attached hydrogens (tertiary/aromatic N) is 2. The van der Waals surface area contributed by atoms with Crippen molar-refractivity contribution in [2.24, 2.45) is 0 Å². The maximum atomic E-state index is 13.0. The molecule has 0 fully saturated rings. The van der Waals surface area contributed by atoms with Gasteiger partial charge in [-0.05, 0) is 24.6 Å². The van der Waals surface area contributed by atoms with E-state index < -0.39 is 0 Å². The quantitative estimate of drug-likeness (QED) is 0.903. The fraction of sp³-hybridized carbons (Fsp3) is 0.308. The topological polar surface area (TPSA) is 29.9 Å². The van der Waals surface area contributed by atoms with Crippen molar-refractivity contribution in [2.75, 3.05) is 0 Å². The maximum Gasteiger partial charge on any atom is 0.141 e. The van der Waals surface area contributed by atoms with E-state index in [0.29, 0.717) is 6.54 Å². The summed E-state index contributed by atoms with van der Waals surface area (Å²) in [5.74, 6) is -0.385. The number of halogens is 2. The van der Waals surface area contributed by atoms with Gasteiger partial charge in [-0.15, -0.1) is 0 Å². The smallest absolute Gasteiger partial charge is 0.141 e. The molecule has 0 unspecified atom stereocenters. The van der Waals surface area contributed by atoms with Crippen LogP contribution in [-0.2, 0) is 19.6 Å². The van der Waals surface area contributed by atoms with Crippen molar-refractivity contribution >= 4 is 11.6 Å². The Labute approximate surface area is 111 Å². The van der Waals surface area contributed by atoms with Gasteiger partial charge in [0.15, 0.2) is 0 Å². The first-order chi connectivity index (χ1) is 8.69. The van der Waals surface area contributed by atoms with E-state index in [2.05, 4.69) is 10.4 Å². The maximum absolute atomic E-state index is 13.0. The molecule has 0 amide bonds. The fourth-order valence-corrected chi connectivity index (χ4v) is 1.87. The molecule has 1 N–H and O–H groups in total. The van der Waals surface area contributed by atoms with Crippen LogP contribution in [0.4, 0.5) is 4.39 Å². The summed E-state index contributed by atoms with van der Waals surface area (Å²) in [5, 5.41) is 7.62. The van der Waals surface area contributed by atoms with E-state index in [4.69, 9.17) is 11.6 Å². The Hall–Kier alpha value is -1.39. The summed E-state index contributed by atoms with van der Waals surface area (Å²) in [6, 6.07) is 4.75. The van der Waals surface area contributed by atoms with Crippen LogP contribution in [-0.4, -0.2) is 9.78 Å². The lowest BCUT2D eigenvalue weighted by molar-refractivity contribution is 0.625. The molecule has 1 heterocycles. The SMILES string of the molecule is CCn1cc(CNCc2ccc(F)c(Cl)c2)cn1. The van der Waals surface area contributed by atoms with Gasteiger partial charge in [-0.25, -0.2) is 4.39 Å². The minimum absolute atomic E-state index is 0.160. The van der Waals surface area contributed by atoms with Gasteiger partial charge in [0.1, 0.15) is 5.82 Å². The van der Waals surface area contributed by atoms with E-state index >= 15 is 0 Å². The van der Waals surface area contributed by atoms with Crippen molar-refractivity contribution in [1.82, 2.24) is 15.1 Å². The summed E-state index contributed by atoms with van der Waals surface area (Å²) >= 11 is 5.72. The molecule has 0 spiro atoms. The first-order valence-corrected chi connectivity index (χ1v) is 6.23. The number of hydrogen-bond donors (Lipinski definition) is 1. The van der Waals surface area contributed by atoms with E-state index in [9.17, 15) is 4.39 Å². The van der Waals surface area contributed by atoms with E-state index in [1.165, 1.54) is 6.07 Å². The first kappa shape index (κ1) is 13.1. The molecule has 0 saturated heterocycles. The van der Waals surface area contributed by atoms with Crippen LogP contribution in [0.3, 0.4) is 0 Å². The van der Waals surface area contributed by atoms with Gasteiger partial charge >= 0.3 is 0 Å². The molecule has 0 saturated carbocycles. The van der Waals surface area contributed by atoms with Crippen molar-refractivity contribution < 1.29 is 4.39 Å².